The number of nitrogens with zero attached hydrogens (tertiary/aromatic N) is 1. The van der Waals surface area contributed by atoms with Crippen LogP contribution < -0.4 is 20.1 Å². The van der Waals surface area contributed by atoms with Crippen molar-refractivity contribution in [2.24, 2.45) is 0 Å². The highest BCUT2D eigenvalue weighted by molar-refractivity contribution is 7.12. The van der Waals surface area contributed by atoms with Crippen LogP contribution in [0.25, 0.3) is 6.08 Å². The Morgan fingerprint density at radius 2 is 1.94 bits per heavy atom. The van der Waals surface area contributed by atoms with Crippen LogP contribution in [-0.4, -0.2) is 70.3 Å². The van der Waals surface area contributed by atoms with Gasteiger partial charge in [0.2, 0.25) is 0 Å². The highest BCUT2D eigenvalue weighted by Crippen LogP contribution is 2.28. The Morgan fingerprint density at radius 1 is 1.16 bits per heavy atom. The Balaban J connectivity index is 1.68. The van der Waals surface area contributed by atoms with E-state index in [0.29, 0.717) is 28.5 Å². The van der Waals surface area contributed by atoms with E-state index in [4.69, 9.17) is 14.2 Å². The molecule has 1 fully saturated rings. The lowest BCUT2D eigenvalue weighted by Crippen LogP contribution is -2.39. The Morgan fingerprint density at radius 3 is 2.62 bits per heavy atom. The fraction of sp³-hybridized carbons (Fsp3) is 0.391. The summed E-state index contributed by atoms with van der Waals surface area (Å²) in [4.78, 5) is 28.3. The summed E-state index contributed by atoms with van der Waals surface area (Å²) in [6.07, 6.45) is 2.44. The molecule has 1 saturated heterocycles. The Labute approximate surface area is 192 Å². The molecule has 0 unspecified atom stereocenters. The summed E-state index contributed by atoms with van der Waals surface area (Å²) in [5, 5.41) is 7.48. The second kappa shape index (κ2) is 12.2. The predicted octanol–water partition coefficient (Wildman–Crippen LogP) is 2.37. The summed E-state index contributed by atoms with van der Waals surface area (Å²) < 4.78 is 16.0. The van der Waals surface area contributed by atoms with E-state index in [9.17, 15) is 9.59 Å². The van der Waals surface area contributed by atoms with Gasteiger partial charge in [0.25, 0.3) is 11.8 Å². The monoisotopic (exact) mass is 459 g/mol. The zero-order valence-corrected chi connectivity index (χ0v) is 19.2. The van der Waals surface area contributed by atoms with Crippen molar-refractivity contribution in [3.05, 3.63) is 51.8 Å². The molecule has 0 aliphatic carbocycles. The van der Waals surface area contributed by atoms with Gasteiger partial charge in [0.05, 0.1) is 32.3 Å². The molecule has 9 heteroatoms. The molecule has 1 aliphatic heterocycles. The highest BCUT2D eigenvalue weighted by atomic mass is 32.1. The van der Waals surface area contributed by atoms with Crippen LogP contribution in [0.2, 0.25) is 0 Å². The lowest BCUT2D eigenvalue weighted by Gasteiger charge is -2.26. The van der Waals surface area contributed by atoms with Crippen LogP contribution in [0, 0.1) is 0 Å². The quantitative estimate of drug-likeness (QED) is 0.419. The molecule has 172 valence electrons. The largest absolute Gasteiger partial charge is 0.493 e. The van der Waals surface area contributed by atoms with Crippen LogP contribution in [0.15, 0.2) is 41.4 Å². The lowest BCUT2D eigenvalue weighted by atomic mass is 10.1. The normalized spacial score (nSPS) is 14.6. The summed E-state index contributed by atoms with van der Waals surface area (Å²) in [5.74, 6) is 0.458. The van der Waals surface area contributed by atoms with Crippen LogP contribution in [0.5, 0.6) is 11.5 Å². The van der Waals surface area contributed by atoms with E-state index in [2.05, 4.69) is 15.5 Å². The smallest absolute Gasteiger partial charge is 0.267 e. The number of amides is 2. The van der Waals surface area contributed by atoms with Gasteiger partial charge in [-0.2, -0.15) is 0 Å². The van der Waals surface area contributed by atoms with Crippen LogP contribution in [0.1, 0.15) is 21.7 Å². The maximum Gasteiger partial charge on any atom is 0.267 e. The maximum absolute atomic E-state index is 12.9. The number of hydrogen-bond donors (Lipinski definition) is 2. The predicted molar refractivity (Wildman–Crippen MR) is 124 cm³/mol. The number of morpholine rings is 1. The fourth-order valence-corrected chi connectivity index (χ4v) is 3.90. The molecule has 2 heterocycles. The molecule has 2 aromatic rings. The zero-order valence-electron chi connectivity index (χ0n) is 18.4. The molecule has 2 amide bonds. The minimum atomic E-state index is -0.341. The van der Waals surface area contributed by atoms with Crippen molar-refractivity contribution in [1.82, 2.24) is 15.5 Å². The standard InChI is InChI=1S/C23H29N3O5S/c1-29-19-7-6-17(16-20(19)30-2)15-18(25-23(28)21-5-3-14-32-21)22(27)24-8-4-9-26-10-12-31-13-11-26/h3,5-7,14-16H,4,8-13H2,1-2H3,(H,24,27)(H,25,28). The molecule has 1 aliphatic rings. The van der Waals surface area contributed by atoms with Crippen LogP contribution in [-0.2, 0) is 9.53 Å². The van der Waals surface area contributed by atoms with Gasteiger partial charge < -0.3 is 24.8 Å². The molecule has 0 bridgehead atoms. The molecular formula is C23H29N3O5S. The molecule has 1 aromatic carbocycles. The fourth-order valence-electron chi connectivity index (χ4n) is 3.28. The number of thiophene rings is 1. The van der Waals surface area contributed by atoms with Crippen molar-refractivity contribution in [3.8, 4) is 11.5 Å². The van der Waals surface area contributed by atoms with E-state index in [1.54, 1.807) is 50.6 Å². The number of ether oxygens (including phenoxy) is 3. The molecule has 0 atom stereocenters. The third kappa shape index (κ3) is 6.81. The number of rotatable bonds is 10. The lowest BCUT2D eigenvalue weighted by molar-refractivity contribution is -0.117. The number of nitrogens with one attached hydrogen (secondary N) is 2. The van der Waals surface area contributed by atoms with E-state index in [-0.39, 0.29) is 17.5 Å². The van der Waals surface area contributed by atoms with E-state index >= 15 is 0 Å². The van der Waals surface area contributed by atoms with E-state index < -0.39 is 0 Å². The van der Waals surface area contributed by atoms with Crippen LogP contribution in [0.4, 0.5) is 0 Å². The van der Waals surface area contributed by atoms with Crippen molar-refractivity contribution in [2.45, 2.75) is 6.42 Å². The van der Waals surface area contributed by atoms with Gasteiger partial charge in [0, 0.05) is 19.6 Å². The minimum absolute atomic E-state index is 0.169. The third-order valence-corrected chi connectivity index (χ3v) is 5.87. The van der Waals surface area contributed by atoms with Gasteiger partial charge in [-0.15, -0.1) is 11.3 Å². The molecule has 3 rings (SSSR count). The van der Waals surface area contributed by atoms with Gasteiger partial charge in [0.1, 0.15) is 5.70 Å². The maximum atomic E-state index is 12.9. The molecule has 0 saturated carbocycles. The molecule has 1 aromatic heterocycles. The molecule has 2 N–H and O–H groups in total. The van der Waals surface area contributed by atoms with Gasteiger partial charge in [-0.25, -0.2) is 0 Å². The molecule has 0 radical (unpaired) electrons. The molecule has 8 nitrogen and oxygen atoms in total. The van der Waals surface area contributed by atoms with Crippen molar-refractivity contribution >= 4 is 29.2 Å². The Hall–Kier alpha value is -2.88. The first kappa shape index (κ1) is 23.8. The van der Waals surface area contributed by atoms with Gasteiger partial charge >= 0.3 is 0 Å². The molecule has 32 heavy (non-hydrogen) atoms. The zero-order chi connectivity index (χ0) is 22.8. The number of carbonyl (C=O) groups is 2. The van der Waals surface area contributed by atoms with E-state index in [1.165, 1.54) is 11.3 Å². The van der Waals surface area contributed by atoms with Gasteiger partial charge in [-0.3, -0.25) is 14.5 Å². The first-order valence-electron chi connectivity index (χ1n) is 10.5. The van der Waals surface area contributed by atoms with Crippen molar-refractivity contribution in [3.63, 3.8) is 0 Å². The van der Waals surface area contributed by atoms with Crippen molar-refractivity contribution < 1.29 is 23.8 Å². The molecular weight excluding hydrogens is 430 g/mol. The topological polar surface area (TPSA) is 89.1 Å². The third-order valence-electron chi connectivity index (χ3n) is 5.00. The number of carbonyl (C=O) groups excluding carboxylic acids is 2. The minimum Gasteiger partial charge on any atom is -0.493 e. The second-order valence-electron chi connectivity index (χ2n) is 7.17. The van der Waals surface area contributed by atoms with Crippen LogP contribution >= 0.6 is 11.3 Å². The Bertz CT molecular complexity index is 924. The van der Waals surface area contributed by atoms with E-state index in [1.807, 2.05) is 5.38 Å². The average Bonchev–Trinajstić information content (AvgIpc) is 3.37. The van der Waals surface area contributed by atoms with Crippen LogP contribution in [0.3, 0.4) is 0 Å². The van der Waals surface area contributed by atoms with Gasteiger partial charge in [-0.1, -0.05) is 12.1 Å². The van der Waals surface area contributed by atoms with E-state index in [0.717, 1.165) is 39.3 Å². The summed E-state index contributed by atoms with van der Waals surface area (Å²) in [6.45, 7) is 4.72. The number of methoxy groups -OCH3 is 2. The number of hydrogen-bond acceptors (Lipinski definition) is 7. The van der Waals surface area contributed by atoms with Crippen molar-refractivity contribution in [2.75, 3.05) is 53.6 Å². The first-order chi connectivity index (χ1) is 15.6. The second-order valence-corrected chi connectivity index (χ2v) is 8.12. The summed E-state index contributed by atoms with van der Waals surface area (Å²) >= 11 is 1.32. The number of benzene rings is 1. The first-order valence-corrected chi connectivity index (χ1v) is 11.4. The molecule has 0 spiro atoms. The summed E-state index contributed by atoms with van der Waals surface area (Å²) in [5.41, 5.74) is 0.870. The summed E-state index contributed by atoms with van der Waals surface area (Å²) in [6, 6.07) is 8.81. The van der Waals surface area contributed by atoms with Crippen molar-refractivity contribution in [1.29, 1.82) is 0 Å². The summed E-state index contributed by atoms with van der Waals surface area (Å²) in [7, 11) is 3.11. The Kier molecular flexibility index (Phi) is 9.09. The highest BCUT2D eigenvalue weighted by Gasteiger charge is 2.16. The van der Waals surface area contributed by atoms with Gasteiger partial charge in [-0.05, 0) is 48.2 Å². The SMILES string of the molecule is COc1ccc(C=C(NC(=O)c2cccs2)C(=O)NCCCN2CCOCC2)cc1OC. The average molecular weight is 460 g/mol. The van der Waals surface area contributed by atoms with Gasteiger partial charge in [0.15, 0.2) is 11.5 Å².